The van der Waals surface area contributed by atoms with Gasteiger partial charge in [0.05, 0.1) is 13.7 Å². The van der Waals surface area contributed by atoms with Crippen molar-refractivity contribution < 1.29 is 23.9 Å². The molecule has 0 aromatic carbocycles. The second-order valence-corrected chi connectivity index (χ2v) is 7.46. The van der Waals surface area contributed by atoms with Gasteiger partial charge in [-0.1, -0.05) is 6.92 Å². The Balaban J connectivity index is 2.46. The third-order valence-corrected chi connectivity index (χ3v) is 6.55. The summed E-state index contributed by atoms with van der Waals surface area (Å²) in [6.07, 6.45) is 1.49. The van der Waals surface area contributed by atoms with Gasteiger partial charge in [-0.25, -0.2) is 9.59 Å². The van der Waals surface area contributed by atoms with E-state index in [-0.39, 0.29) is 6.61 Å². The van der Waals surface area contributed by atoms with E-state index < -0.39 is 28.5 Å². The number of rotatable bonds is 5. The van der Waals surface area contributed by atoms with E-state index in [4.69, 9.17) is 9.47 Å². The number of aryl methyl sites for hydroxylation is 1. The first kappa shape index (κ1) is 18.5. The normalized spacial score (nSPS) is 21.1. The summed E-state index contributed by atoms with van der Waals surface area (Å²) < 4.78 is 8.49. The molecular formula is C16H19NO5S2. The van der Waals surface area contributed by atoms with E-state index in [1.54, 1.807) is 25.3 Å². The fraction of sp³-hybridized carbons (Fsp3) is 0.438. The summed E-state index contributed by atoms with van der Waals surface area (Å²) >= 11 is 2.35. The van der Waals surface area contributed by atoms with Crippen LogP contribution in [0.25, 0.3) is 0 Å². The highest BCUT2D eigenvalue weighted by Crippen LogP contribution is 2.46. The SMILES string of the molecule is CCOC(=O)c1cc(C)c(C(C)C2(C(=O)OC)SC=CNC2=O)s1. The van der Waals surface area contributed by atoms with Crippen molar-refractivity contribution in [1.29, 1.82) is 0 Å². The zero-order valence-corrected chi connectivity index (χ0v) is 15.5. The number of carbonyl (C=O) groups is 3. The van der Waals surface area contributed by atoms with Gasteiger partial charge in [0.15, 0.2) is 0 Å². The van der Waals surface area contributed by atoms with Crippen molar-refractivity contribution in [1.82, 2.24) is 5.32 Å². The maximum atomic E-state index is 12.5. The molecule has 2 rings (SSSR count). The Labute approximate surface area is 148 Å². The summed E-state index contributed by atoms with van der Waals surface area (Å²) in [5, 5.41) is 4.24. The van der Waals surface area contributed by atoms with Crippen molar-refractivity contribution in [2.75, 3.05) is 13.7 Å². The molecule has 24 heavy (non-hydrogen) atoms. The van der Waals surface area contributed by atoms with Crippen LogP contribution in [-0.2, 0) is 19.1 Å². The van der Waals surface area contributed by atoms with E-state index in [0.29, 0.717) is 4.88 Å². The molecule has 0 saturated heterocycles. The molecule has 6 nitrogen and oxygen atoms in total. The highest BCUT2D eigenvalue weighted by molar-refractivity contribution is 8.05. The summed E-state index contributed by atoms with van der Waals surface area (Å²) in [6, 6.07) is 1.72. The first-order valence-electron chi connectivity index (χ1n) is 7.38. The molecule has 1 N–H and O–H groups in total. The first-order valence-corrected chi connectivity index (χ1v) is 9.07. The number of nitrogens with one attached hydrogen (secondary N) is 1. The molecule has 130 valence electrons. The van der Waals surface area contributed by atoms with Gasteiger partial charge in [0.25, 0.3) is 5.91 Å². The van der Waals surface area contributed by atoms with E-state index in [2.05, 4.69) is 5.32 Å². The molecule has 0 saturated carbocycles. The van der Waals surface area contributed by atoms with Gasteiger partial charge in [-0.2, -0.15) is 0 Å². The molecule has 2 atom stereocenters. The Bertz CT molecular complexity index is 697. The smallest absolute Gasteiger partial charge is 0.348 e. The maximum absolute atomic E-state index is 12.5. The minimum atomic E-state index is -1.43. The van der Waals surface area contributed by atoms with Crippen molar-refractivity contribution in [2.45, 2.75) is 31.4 Å². The lowest BCUT2D eigenvalue weighted by molar-refractivity contribution is -0.148. The molecule has 1 aliphatic rings. The highest BCUT2D eigenvalue weighted by Gasteiger charge is 2.54. The van der Waals surface area contributed by atoms with Gasteiger partial charge in [0, 0.05) is 17.0 Å². The average Bonchev–Trinajstić information content (AvgIpc) is 2.96. The van der Waals surface area contributed by atoms with Crippen molar-refractivity contribution in [3.63, 3.8) is 0 Å². The first-order chi connectivity index (χ1) is 11.4. The zero-order chi connectivity index (χ0) is 17.9. The number of carbonyl (C=O) groups excluding carboxylic acids is 3. The standard InChI is InChI=1S/C16H19NO5S2/c1-5-22-13(18)11-8-9(2)12(24-11)10(3)16(15(20)21-4)14(19)17-6-7-23-16/h6-8,10H,5H2,1-4H3,(H,17,19). The fourth-order valence-corrected chi connectivity index (χ4v) is 4.87. The van der Waals surface area contributed by atoms with Crippen molar-refractivity contribution in [2.24, 2.45) is 0 Å². The third kappa shape index (κ3) is 3.08. The molecule has 1 aromatic heterocycles. The molecular weight excluding hydrogens is 350 g/mol. The van der Waals surface area contributed by atoms with E-state index in [1.165, 1.54) is 24.6 Å². The number of hydrogen-bond donors (Lipinski definition) is 1. The van der Waals surface area contributed by atoms with Crippen LogP contribution in [0, 0.1) is 6.92 Å². The van der Waals surface area contributed by atoms with Gasteiger partial charge in [0.2, 0.25) is 4.75 Å². The average molecular weight is 369 g/mol. The van der Waals surface area contributed by atoms with E-state index in [9.17, 15) is 14.4 Å². The van der Waals surface area contributed by atoms with Crippen LogP contribution in [0.5, 0.6) is 0 Å². The van der Waals surface area contributed by atoms with Crippen LogP contribution < -0.4 is 5.32 Å². The lowest BCUT2D eigenvalue weighted by Crippen LogP contribution is -2.54. The molecule has 8 heteroatoms. The summed E-state index contributed by atoms with van der Waals surface area (Å²) in [7, 11) is 1.26. The van der Waals surface area contributed by atoms with Crippen LogP contribution in [0.15, 0.2) is 17.7 Å². The van der Waals surface area contributed by atoms with Crippen LogP contribution >= 0.6 is 23.1 Å². The molecule has 0 aliphatic carbocycles. The predicted octanol–water partition coefficient (Wildman–Crippen LogP) is 2.58. The summed E-state index contributed by atoms with van der Waals surface area (Å²) in [6.45, 7) is 5.66. The minimum absolute atomic E-state index is 0.288. The number of methoxy groups -OCH3 is 1. The lowest BCUT2D eigenvalue weighted by Gasteiger charge is -2.34. The van der Waals surface area contributed by atoms with Gasteiger partial charge >= 0.3 is 11.9 Å². The van der Waals surface area contributed by atoms with Crippen LogP contribution in [0.2, 0.25) is 0 Å². The minimum Gasteiger partial charge on any atom is -0.468 e. The summed E-state index contributed by atoms with van der Waals surface area (Å²) in [4.78, 5) is 38.1. The molecule has 1 aromatic rings. The molecule has 0 spiro atoms. The van der Waals surface area contributed by atoms with Gasteiger partial charge in [-0.3, -0.25) is 4.79 Å². The van der Waals surface area contributed by atoms with Crippen molar-refractivity contribution in [3.8, 4) is 0 Å². The maximum Gasteiger partial charge on any atom is 0.348 e. The Hall–Kier alpha value is -1.80. The lowest BCUT2D eigenvalue weighted by atomic mass is 9.89. The number of thioether (sulfide) groups is 1. The zero-order valence-electron chi connectivity index (χ0n) is 13.9. The van der Waals surface area contributed by atoms with Gasteiger partial charge in [0.1, 0.15) is 4.88 Å². The van der Waals surface area contributed by atoms with Crippen LogP contribution in [0.4, 0.5) is 0 Å². The number of amides is 1. The number of ether oxygens (including phenoxy) is 2. The second-order valence-electron chi connectivity index (χ2n) is 5.22. The molecule has 1 amide bonds. The largest absolute Gasteiger partial charge is 0.468 e. The number of thiophene rings is 1. The molecule has 1 aliphatic heterocycles. The van der Waals surface area contributed by atoms with Gasteiger partial charge in [-0.05, 0) is 30.9 Å². The summed E-state index contributed by atoms with van der Waals surface area (Å²) in [5.74, 6) is -1.93. The van der Waals surface area contributed by atoms with E-state index >= 15 is 0 Å². The predicted molar refractivity (Wildman–Crippen MR) is 93.0 cm³/mol. The summed E-state index contributed by atoms with van der Waals surface area (Å²) in [5.41, 5.74) is 0.835. The number of esters is 2. The molecule has 0 radical (unpaired) electrons. The third-order valence-electron chi connectivity index (χ3n) is 3.80. The quantitative estimate of drug-likeness (QED) is 0.635. The molecule has 0 bridgehead atoms. The van der Waals surface area contributed by atoms with E-state index in [0.717, 1.165) is 22.2 Å². The van der Waals surface area contributed by atoms with Crippen LogP contribution in [0.1, 0.15) is 39.9 Å². The Morgan fingerprint density at radius 2 is 2.12 bits per heavy atom. The van der Waals surface area contributed by atoms with E-state index in [1.807, 2.05) is 6.92 Å². The topological polar surface area (TPSA) is 81.7 Å². The Morgan fingerprint density at radius 1 is 1.42 bits per heavy atom. The van der Waals surface area contributed by atoms with Gasteiger partial charge in [-0.15, -0.1) is 23.1 Å². The van der Waals surface area contributed by atoms with Crippen LogP contribution in [0.3, 0.4) is 0 Å². The fourth-order valence-electron chi connectivity index (χ4n) is 2.59. The van der Waals surface area contributed by atoms with Crippen molar-refractivity contribution >= 4 is 40.9 Å². The molecule has 0 fully saturated rings. The monoisotopic (exact) mass is 369 g/mol. The van der Waals surface area contributed by atoms with Crippen LogP contribution in [-0.4, -0.2) is 36.3 Å². The highest BCUT2D eigenvalue weighted by atomic mass is 32.2. The number of hydrogen-bond acceptors (Lipinski definition) is 7. The second kappa shape index (κ2) is 7.40. The molecule has 2 heterocycles. The van der Waals surface area contributed by atoms with Gasteiger partial charge < -0.3 is 14.8 Å². The van der Waals surface area contributed by atoms with Crippen molar-refractivity contribution in [3.05, 3.63) is 33.0 Å². The Morgan fingerprint density at radius 3 is 2.71 bits per heavy atom. The molecule has 2 unspecified atom stereocenters. The Kier molecular flexibility index (Phi) is 5.71.